The lowest BCUT2D eigenvalue weighted by atomic mass is 10.1. The van der Waals surface area contributed by atoms with Crippen LogP contribution in [0.25, 0.3) is 0 Å². The van der Waals surface area contributed by atoms with Gasteiger partial charge in [-0.05, 0) is 18.4 Å². The summed E-state index contributed by atoms with van der Waals surface area (Å²) < 4.78 is 22.2. The summed E-state index contributed by atoms with van der Waals surface area (Å²) in [6, 6.07) is 10.1. The van der Waals surface area contributed by atoms with E-state index in [0.717, 1.165) is 12.8 Å². The summed E-state index contributed by atoms with van der Waals surface area (Å²) in [5.41, 5.74) is 1.23. The number of hydrogen-bond donors (Lipinski definition) is 0. The Hall–Kier alpha value is -1.16. The third kappa shape index (κ3) is 6.00. The van der Waals surface area contributed by atoms with E-state index in [1.807, 2.05) is 18.2 Å². The van der Waals surface area contributed by atoms with Crippen LogP contribution in [0, 0.1) is 0 Å². The molecule has 1 fully saturated rings. The second-order valence-electron chi connectivity index (χ2n) is 4.99. The number of amides is 1. The SMILES string of the molecule is O=C(CO[PH](=O)CCCc1ccccc1)N1CCOCC1. The highest BCUT2D eigenvalue weighted by atomic mass is 31.1. The van der Waals surface area contributed by atoms with Crippen LogP contribution in [0.15, 0.2) is 30.3 Å². The minimum Gasteiger partial charge on any atom is -0.378 e. The van der Waals surface area contributed by atoms with Crippen LogP contribution in [-0.4, -0.2) is 49.9 Å². The molecule has 1 aliphatic rings. The molecule has 0 saturated carbocycles. The topological polar surface area (TPSA) is 55.8 Å². The summed E-state index contributed by atoms with van der Waals surface area (Å²) in [4.78, 5) is 13.5. The first-order chi connectivity index (χ1) is 10.3. The first kappa shape index (κ1) is 16.2. The second-order valence-corrected chi connectivity index (χ2v) is 6.53. The Labute approximate surface area is 126 Å². The predicted octanol–water partition coefficient (Wildman–Crippen LogP) is 1.97. The van der Waals surface area contributed by atoms with E-state index in [9.17, 15) is 9.36 Å². The molecule has 0 bridgehead atoms. The van der Waals surface area contributed by atoms with E-state index in [1.54, 1.807) is 4.90 Å². The van der Waals surface area contributed by atoms with Crippen LogP contribution in [0.1, 0.15) is 12.0 Å². The number of rotatable bonds is 7. The summed E-state index contributed by atoms with van der Waals surface area (Å²) in [5, 5.41) is 0. The van der Waals surface area contributed by atoms with Gasteiger partial charge >= 0.3 is 0 Å². The fraction of sp³-hybridized carbons (Fsp3) is 0.533. The lowest BCUT2D eigenvalue weighted by Gasteiger charge is -2.26. The van der Waals surface area contributed by atoms with Crippen LogP contribution in [0.5, 0.6) is 0 Å². The average molecular weight is 311 g/mol. The Kier molecular flexibility index (Phi) is 6.93. The predicted molar refractivity (Wildman–Crippen MR) is 82.0 cm³/mol. The molecule has 1 aromatic carbocycles. The van der Waals surface area contributed by atoms with Gasteiger partial charge in [-0.2, -0.15) is 0 Å². The van der Waals surface area contributed by atoms with Gasteiger partial charge < -0.3 is 14.2 Å². The fourth-order valence-corrected chi connectivity index (χ4v) is 3.09. The van der Waals surface area contributed by atoms with Crippen molar-refractivity contribution in [2.75, 3.05) is 39.1 Å². The van der Waals surface area contributed by atoms with E-state index in [2.05, 4.69) is 12.1 Å². The summed E-state index contributed by atoms with van der Waals surface area (Å²) in [6.45, 7) is 2.24. The van der Waals surface area contributed by atoms with Crippen molar-refractivity contribution in [1.82, 2.24) is 4.90 Å². The molecule has 1 saturated heterocycles. The number of nitrogens with zero attached hydrogens (tertiary/aromatic N) is 1. The number of hydrogen-bond acceptors (Lipinski definition) is 4. The zero-order valence-corrected chi connectivity index (χ0v) is 13.1. The molecule has 1 aliphatic heterocycles. The molecule has 0 radical (unpaired) electrons. The lowest BCUT2D eigenvalue weighted by Crippen LogP contribution is -2.42. The highest BCUT2D eigenvalue weighted by Crippen LogP contribution is 2.24. The molecule has 2 rings (SSSR count). The molecular weight excluding hydrogens is 289 g/mol. The molecule has 1 aromatic rings. The molecule has 1 amide bonds. The van der Waals surface area contributed by atoms with Crippen molar-refractivity contribution < 1.29 is 18.6 Å². The Bertz CT molecular complexity index is 460. The highest BCUT2D eigenvalue weighted by Gasteiger charge is 2.17. The molecule has 5 nitrogen and oxygen atoms in total. The second kappa shape index (κ2) is 8.98. The number of aryl methyl sites for hydroxylation is 1. The standard InChI is InChI=1S/C15H22NO4P/c17-15(16-8-10-19-11-9-16)13-20-21(18)12-4-7-14-5-2-1-3-6-14/h1-3,5-6,21H,4,7-13H2. The van der Waals surface area contributed by atoms with Crippen LogP contribution in [-0.2, 0) is 25.0 Å². The first-order valence-electron chi connectivity index (χ1n) is 7.31. The average Bonchev–Trinajstić information content (AvgIpc) is 2.54. The molecule has 21 heavy (non-hydrogen) atoms. The maximum absolute atomic E-state index is 11.8. The molecule has 0 N–H and O–H groups in total. The number of benzene rings is 1. The minimum absolute atomic E-state index is 0.0802. The number of morpholine rings is 1. The number of carbonyl (C=O) groups excluding carboxylic acids is 1. The van der Waals surface area contributed by atoms with Gasteiger partial charge in [-0.15, -0.1) is 0 Å². The molecule has 0 aromatic heterocycles. The van der Waals surface area contributed by atoms with Gasteiger partial charge in [0.25, 0.3) is 0 Å². The molecule has 1 heterocycles. The third-order valence-electron chi connectivity index (χ3n) is 3.41. The summed E-state index contributed by atoms with van der Waals surface area (Å²) >= 11 is 0. The Morgan fingerprint density at radius 1 is 1.24 bits per heavy atom. The van der Waals surface area contributed by atoms with Gasteiger partial charge in [0.1, 0.15) is 6.61 Å². The zero-order valence-electron chi connectivity index (χ0n) is 12.1. The van der Waals surface area contributed by atoms with Gasteiger partial charge in [-0.3, -0.25) is 9.36 Å². The largest absolute Gasteiger partial charge is 0.378 e. The van der Waals surface area contributed by atoms with E-state index in [4.69, 9.17) is 9.26 Å². The molecule has 116 valence electrons. The van der Waals surface area contributed by atoms with Crippen molar-refractivity contribution in [2.24, 2.45) is 0 Å². The normalized spacial score (nSPS) is 16.7. The Balaban J connectivity index is 1.60. The molecule has 6 heteroatoms. The maximum atomic E-state index is 11.8. The van der Waals surface area contributed by atoms with Gasteiger partial charge in [0.2, 0.25) is 5.91 Å². The Morgan fingerprint density at radius 2 is 1.95 bits per heavy atom. The van der Waals surface area contributed by atoms with Crippen LogP contribution >= 0.6 is 8.03 Å². The van der Waals surface area contributed by atoms with E-state index in [0.29, 0.717) is 32.5 Å². The minimum atomic E-state index is -2.12. The molecule has 0 aliphatic carbocycles. The Morgan fingerprint density at radius 3 is 2.67 bits per heavy atom. The van der Waals surface area contributed by atoms with Gasteiger partial charge in [0.15, 0.2) is 8.03 Å². The van der Waals surface area contributed by atoms with Crippen molar-refractivity contribution in [1.29, 1.82) is 0 Å². The monoisotopic (exact) mass is 311 g/mol. The van der Waals surface area contributed by atoms with Crippen molar-refractivity contribution >= 4 is 13.9 Å². The first-order valence-corrected chi connectivity index (χ1v) is 8.83. The van der Waals surface area contributed by atoms with Crippen molar-refractivity contribution in [3.05, 3.63) is 35.9 Å². The van der Waals surface area contributed by atoms with Crippen LogP contribution in [0.2, 0.25) is 0 Å². The summed E-state index contributed by atoms with van der Waals surface area (Å²) in [6.07, 6.45) is 2.22. The number of ether oxygens (including phenoxy) is 1. The zero-order chi connectivity index (χ0) is 14.9. The van der Waals surface area contributed by atoms with Crippen LogP contribution in [0.3, 0.4) is 0 Å². The quantitative estimate of drug-likeness (QED) is 0.723. The van der Waals surface area contributed by atoms with Crippen LogP contribution in [0.4, 0.5) is 0 Å². The highest BCUT2D eigenvalue weighted by molar-refractivity contribution is 7.39. The molecule has 1 atom stereocenters. The van der Waals surface area contributed by atoms with Gasteiger partial charge in [0.05, 0.1) is 13.2 Å². The van der Waals surface area contributed by atoms with E-state index in [1.165, 1.54) is 5.56 Å². The summed E-state index contributed by atoms with van der Waals surface area (Å²) in [7, 11) is -2.12. The van der Waals surface area contributed by atoms with Crippen LogP contribution < -0.4 is 0 Å². The smallest absolute Gasteiger partial charge is 0.249 e. The van der Waals surface area contributed by atoms with E-state index >= 15 is 0 Å². The number of carbonyl (C=O) groups is 1. The van der Waals surface area contributed by atoms with Crippen molar-refractivity contribution in [3.63, 3.8) is 0 Å². The van der Waals surface area contributed by atoms with E-state index in [-0.39, 0.29) is 12.5 Å². The molecule has 0 spiro atoms. The maximum Gasteiger partial charge on any atom is 0.249 e. The van der Waals surface area contributed by atoms with Gasteiger partial charge in [-0.25, -0.2) is 0 Å². The molecule has 1 unspecified atom stereocenters. The summed E-state index contributed by atoms with van der Waals surface area (Å²) in [5.74, 6) is -0.0975. The fourth-order valence-electron chi connectivity index (χ4n) is 2.20. The van der Waals surface area contributed by atoms with E-state index < -0.39 is 8.03 Å². The van der Waals surface area contributed by atoms with Gasteiger partial charge in [0, 0.05) is 19.3 Å². The van der Waals surface area contributed by atoms with Crippen molar-refractivity contribution in [3.8, 4) is 0 Å². The van der Waals surface area contributed by atoms with Crippen molar-refractivity contribution in [2.45, 2.75) is 12.8 Å². The van der Waals surface area contributed by atoms with Gasteiger partial charge in [-0.1, -0.05) is 30.3 Å². The lowest BCUT2D eigenvalue weighted by molar-refractivity contribution is -0.137. The molecular formula is C15H22NO4P. The third-order valence-corrected chi connectivity index (χ3v) is 4.64.